The molecule has 4 unspecified atom stereocenters. The van der Waals surface area contributed by atoms with E-state index in [1.807, 2.05) is 13.8 Å². The maximum absolute atomic E-state index is 5.82. The van der Waals surface area contributed by atoms with E-state index in [0.717, 1.165) is 11.1 Å². The second-order valence-electron chi connectivity index (χ2n) is 5.15. The summed E-state index contributed by atoms with van der Waals surface area (Å²) in [7, 11) is 0. The van der Waals surface area contributed by atoms with Crippen molar-refractivity contribution in [2.24, 2.45) is 0 Å². The molecule has 19 heavy (non-hydrogen) atoms. The molecule has 0 saturated carbocycles. The summed E-state index contributed by atoms with van der Waals surface area (Å²) < 4.78 is 27.6. The molecule has 0 spiro atoms. The van der Waals surface area contributed by atoms with Gasteiger partial charge in [-0.3, -0.25) is 0 Å². The zero-order valence-electron chi connectivity index (χ0n) is 11.6. The molecule has 0 aliphatic carbocycles. The van der Waals surface area contributed by atoms with Crippen molar-refractivity contribution in [2.75, 3.05) is 26.4 Å². The Hall–Kier alpha value is -0.720. The molecule has 5 nitrogen and oxygen atoms in total. The quantitative estimate of drug-likeness (QED) is 0.343. The van der Waals surface area contributed by atoms with Crippen LogP contribution < -0.4 is 0 Å². The molecule has 0 radical (unpaired) electrons. The van der Waals surface area contributed by atoms with Crippen LogP contribution in [0.1, 0.15) is 13.8 Å². The van der Waals surface area contributed by atoms with Crippen LogP contribution in [0.3, 0.4) is 0 Å². The third-order valence-corrected chi connectivity index (χ3v) is 2.58. The van der Waals surface area contributed by atoms with E-state index in [1.165, 1.54) is 0 Å². The molecule has 2 rings (SSSR count). The van der Waals surface area contributed by atoms with Gasteiger partial charge in [-0.05, 0) is 13.8 Å². The zero-order chi connectivity index (χ0) is 13.8. The molecule has 0 aromatic rings. The van der Waals surface area contributed by atoms with Crippen molar-refractivity contribution >= 4 is 0 Å². The van der Waals surface area contributed by atoms with E-state index in [4.69, 9.17) is 23.7 Å². The first kappa shape index (κ1) is 14.7. The Kier molecular flexibility index (Phi) is 5.13. The molecule has 2 saturated heterocycles. The molecule has 5 heteroatoms. The van der Waals surface area contributed by atoms with Crippen molar-refractivity contribution < 1.29 is 23.7 Å². The summed E-state index contributed by atoms with van der Waals surface area (Å²) in [4.78, 5) is 0. The number of epoxide rings is 2. The average Bonchev–Trinajstić information content (AvgIpc) is 3.17. The van der Waals surface area contributed by atoms with Crippen molar-refractivity contribution in [3.63, 3.8) is 0 Å². The van der Waals surface area contributed by atoms with Crippen LogP contribution in [0.5, 0.6) is 0 Å². The first-order valence-corrected chi connectivity index (χ1v) is 6.47. The van der Waals surface area contributed by atoms with Gasteiger partial charge in [-0.1, -0.05) is 24.3 Å². The van der Waals surface area contributed by atoms with Gasteiger partial charge in [0.15, 0.2) is 12.6 Å². The number of rotatable bonds is 10. The second kappa shape index (κ2) is 6.63. The zero-order valence-corrected chi connectivity index (χ0v) is 11.6. The maximum Gasteiger partial charge on any atom is 0.189 e. The highest BCUT2D eigenvalue weighted by Gasteiger charge is 2.42. The lowest BCUT2D eigenvalue weighted by atomic mass is 10.3. The number of ether oxygens (including phenoxy) is 5. The molecule has 4 atom stereocenters. The second-order valence-corrected chi connectivity index (χ2v) is 5.15. The SMILES string of the molecule is C=C(C)COC(OC(OCC(=C)C)C1CO1)C1CO1. The monoisotopic (exact) mass is 270 g/mol. The minimum Gasteiger partial charge on any atom is -0.368 e. The molecule has 0 aromatic carbocycles. The molecule has 2 heterocycles. The highest BCUT2D eigenvalue weighted by atomic mass is 16.8. The maximum atomic E-state index is 5.82. The lowest BCUT2D eigenvalue weighted by molar-refractivity contribution is -0.251. The Labute approximate surface area is 114 Å². The van der Waals surface area contributed by atoms with Gasteiger partial charge in [0.1, 0.15) is 12.2 Å². The molecule has 0 bridgehead atoms. The van der Waals surface area contributed by atoms with Gasteiger partial charge in [0, 0.05) is 0 Å². The molecule has 108 valence electrons. The van der Waals surface area contributed by atoms with E-state index >= 15 is 0 Å². The van der Waals surface area contributed by atoms with Crippen molar-refractivity contribution in [1.29, 1.82) is 0 Å². The highest BCUT2D eigenvalue weighted by molar-refractivity contribution is 4.90. The highest BCUT2D eigenvalue weighted by Crippen LogP contribution is 2.25. The molecular formula is C14H22O5. The summed E-state index contributed by atoms with van der Waals surface area (Å²) in [6, 6.07) is 0. The summed E-state index contributed by atoms with van der Waals surface area (Å²) >= 11 is 0. The molecule has 0 N–H and O–H groups in total. The third kappa shape index (κ3) is 5.42. The smallest absolute Gasteiger partial charge is 0.189 e. The summed E-state index contributed by atoms with van der Waals surface area (Å²) in [6.07, 6.45) is -0.907. The van der Waals surface area contributed by atoms with Crippen molar-refractivity contribution in [3.8, 4) is 0 Å². The molecule has 0 aromatic heterocycles. The Balaban J connectivity index is 1.81. The number of hydrogen-bond acceptors (Lipinski definition) is 5. The van der Waals surface area contributed by atoms with E-state index in [0.29, 0.717) is 26.4 Å². The molecule has 0 amide bonds. The van der Waals surface area contributed by atoms with Crippen molar-refractivity contribution in [3.05, 3.63) is 24.3 Å². The summed E-state index contributed by atoms with van der Waals surface area (Å²) in [6.45, 7) is 13.6. The van der Waals surface area contributed by atoms with Crippen LogP contribution in [-0.4, -0.2) is 51.2 Å². The van der Waals surface area contributed by atoms with Crippen LogP contribution in [0.2, 0.25) is 0 Å². The van der Waals surface area contributed by atoms with Gasteiger partial charge in [-0.2, -0.15) is 0 Å². The minimum atomic E-state index is -0.434. The number of hydrogen-bond donors (Lipinski definition) is 0. The summed E-state index contributed by atoms with van der Waals surface area (Å²) in [5.41, 5.74) is 1.88. The van der Waals surface area contributed by atoms with Gasteiger partial charge in [0.2, 0.25) is 0 Å². The Morgan fingerprint density at radius 1 is 1.00 bits per heavy atom. The van der Waals surface area contributed by atoms with Crippen LogP contribution in [-0.2, 0) is 23.7 Å². The van der Waals surface area contributed by atoms with Crippen molar-refractivity contribution in [2.45, 2.75) is 38.6 Å². The van der Waals surface area contributed by atoms with Gasteiger partial charge in [0.05, 0.1) is 26.4 Å². The minimum absolute atomic E-state index is 0.0194. The van der Waals surface area contributed by atoms with Crippen LogP contribution in [0.15, 0.2) is 24.3 Å². The third-order valence-electron chi connectivity index (χ3n) is 2.58. The molecule has 2 aliphatic rings. The van der Waals surface area contributed by atoms with Gasteiger partial charge < -0.3 is 23.7 Å². The molecular weight excluding hydrogens is 248 g/mol. The van der Waals surface area contributed by atoms with Gasteiger partial charge in [-0.25, -0.2) is 0 Å². The Morgan fingerprint density at radius 3 is 1.63 bits per heavy atom. The standard InChI is InChI=1S/C14H22O5/c1-9(2)5-17-13(11-7-15-11)19-14(12-8-16-12)18-6-10(3)4/h11-14H,1,3,5-8H2,2,4H3. The lowest BCUT2D eigenvalue weighted by Crippen LogP contribution is -2.34. The van der Waals surface area contributed by atoms with Gasteiger partial charge in [-0.15, -0.1) is 0 Å². The fraction of sp³-hybridized carbons (Fsp3) is 0.714. The van der Waals surface area contributed by atoms with Crippen LogP contribution in [0.25, 0.3) is 0 Å². The van der Waals surface area contributed by atoms with E-state index in [9.17, 15) is 0 Å². The first-order chi connectivity index (χ1) is 9.06. The Morgan fingerprint density at radius 2 is 1.37 bits per heavy atom. The predicted molar refractivity (Wildman–Crippen MR) is 69.7 cm³/mol. The van der Waals surface area contributed by atoms with E-state index in [2.05, 4.69) is 13.2 Å². The van der Waals surface area contributed by atoms with Gasteiger partial charge >= 0.3 is 0 Å². The summed E-state index contributed by atoms with van der Waals surface area (Å²) in [5, 5.41) is 0. The predicted octanol–water partition coefficient (Wildman–Crippen LogP) is 1.64. The van der Waals surface area contributed by atoms with E-state index in [-0.39, 0.29) is 12.2 Å². The summed E-state index contributed by atoms with van der Waals surface area (Å²) in [5.74, 6) is 0. The molecule has 2 aliphatic heterocycles. The van der Waals surface area contributed by atoms with Crippen LogP contribution >= 0.6 is 0 Å². The fourth-order valence-electron chi connectivity index (χ4n) is 1.47. The van der Waals surface area contributed by atoms with Crippen molar-refractivity contribution in [1.82, 2.24) is 0 Å². The first-order valence-electron chi connectivity index (χ1n) is 6.47. The molecule has 2 fully saturated rings. The van der Waals surface area contributed by atoms with Gasteiger partial charge in [0.25, 0.3) is 0 Å². The van der Waals surface area contributed by atoms with Crippen LogP contribution in [0, 0.1) is 0 Å². The van der Waals surface area contributed by atoms with E-state index in [1.54, 1.807) is 0 Å². The van der Waals surface area contributed by atoms with E-state index < -0.39 is 12.6 Å². The lowest BCUT2D eigenvalue weighted by Gasteiger charge is -2.23. The largest absolute Gasteiger partial charge is 0.368 e. The van der Waals surface area contributed by atoms with Crippen LogP contribution in [0.4, 0.5) is 0 Å². The Bertz CT molecular complexity index is 301. The topological polar surface area (TPSA) is 52.8 Å². The normalized spacial score (nSPS) is 27.7. The fourth-order valence-corrected chi connectivity index (χ4v) is 1.47. The average molecular weight is 270 g/mol.